The van der Waals surface area contributed by atoms with E-state index in [9.17, 15) is 0 Å². The lowest BCUT2D eigenvalue weighted by molar-refractivity contribution is 0.757. The Kier molecular flexibility index (Phi) is 1.62. The summed E-state index contributed by atoms with van der Waals surface area (Å²) < 4.78 is 3.27. The lowest BCUT2D eigenvalue weighted by Gasteiger charge is -2.01. The zero-order valence-corrected chi connectivity index (χ0v) is 7.40. The van der Waals surface area contributed by atoms with Gasteiger partial charge < -0.3 is 0 Å². The van der Waals surface area contributed by atoms with Gasteiger partial charge in [-0.25, -0.2) is 4.98 Å². The highest BCUT2D eigenvalue weighted by Crippen LogP contribution is 2.32. The van der Waals surface area contributed by atoms with Crippen molar-refractivity contribution in [1.82, 2.24) is 9.71 Å². The Morgan fingerprint density at radius 2 is 2.45 bits per heavy atom. The first-order chi connectivity index (χ1) is 5.27. The molecule has 1 N–H and O–H groups in total. The van der Waals surface area contributed by atoms with E-state index >= 15 is 0 Å². The Bertz CT molecular complexity index is 285. The van der Waals surface area contributed by atoms with E-state index in [-0.39, 0.29) is 0 Å². The number of nitrogens with one attached hydrogen (secondary N) is 1. The zero-order chi connectivity index (χ0) is 7.84. The Morgan fingerprint density at radius 3 is 3.27 bits per heavy atom. The number of pyridine rings is 1. The maximum atomic E-state index is 4.31. The predicted molar refractivity (Wildman–Crippen MR) is 46.4 cm³/mol. The van der Waals surface area contributed by atoms with Crippen molar-refractivity contribution in [2.75, 3.05) is 0 Å². The van der Waals surface area contributed by atoms with E-state index in [0.717, 1.165) is 5.03 Å². The van der Waals surface area contributed by atoms with E-state index in [1.165, 1.54) is 11.1 Å². The van der Waals surface area contributed by atoms with E-state index in [1.807, 2.05) is 6.20 Å². The summed E-state index contributed by atoms with van der Waals surface area (Å²) in [5, 5.41) is 1.13. The molecule has 11 heavy (non-hydrogen) atoms. The van der Waals surface area contributed by atoms with Crippen molar-refractivity contribution in [3.05, 3.63) is 23.4 Å². The summed E-state index contributed by atoms with van der Waals surface area (Å²) in [5.41, 5.74) is 2.56. The molecule has 0 radical (unpaired) electrons. The van der Waals surface area contributed by atoms with Gasteiger partial charge in [-0.2, -0.15) is 0 Å². The van der Waals surface area contributed by atoms with E-state index in [2.05, 4.69) is 29.6 Å². The highest BCUT2D eigenvalue weighted by Gasteiger charge is 2.19. The summed E-state index contributed by atoms with van der Waals surface area (Å²) in [5.74, 6) is 0. The fourth-order valence-electron chi connectivity index (χ4n) is 1.18. The third-order valence-corrected chi connectivity index (χ3v) is 2.82. The number of hydrogen-bond donors (Lipinski definition) is 1. The van der Waals surface area contributed by atoms with Crippen molar-refractivity contribution >= 4 is 11.9 Å². The van der Waals surface area contributed by atoms with Crippen LogP contribution in [0, 0.1) is 6.92 Å². The van der Waals surface area contributed by atoms with Gasteiger partial charge in [-0.1, -0.05) is 6.07 Å². The molecule has 1 aliphatic heterocycles. The first kappa shape index (κ1) is 7.13. The Hall–Kier alpha value is -0.540. The molecular weight excluding hydrogens is 156 g/mol. The van der Waals surface area contributed by atoms with E-state index in [4.69, 9.17) is 0 Å². The topological polar surface area (TPSA) is 24.9 Å². The van der Waals surface area contributed by atoms with Gasteiger partial charge in [-0.3, -0.25) is 4.72 Å². The fourth-order valence-corrected chi connectivity index (χ4v) is 2.06. The molecular formula is C8H10N2S. The molecule has 1 aromatic heterocycles. The maximum Gasteiger partial charge on any atom is 0.116 e. The molecule has 0 amide bonds. The maximum absolute atomic E-state index is 4.31. The number of aromatic nitrogens is 1. The van der Waals surface area contributed by atoms with Crippen molar-refractivity contribution in [1.29, 1.82) is 0 Å². The third kappa shape index (κ3) is 1.14. The fraction of sp³-hybridized carbons (Fsp3) is 0.375. The normalized spacial score (nSPS) is 21.8. The highest BCUT2D eigenvalue weighted by atomic mass is 32.2. The first-order valence-corrected chi connectivity index (χ1v) is 4.48. The largest absolute Gasteiger partial charge is 0.251 e. The summed E-state index contributed by atoms with van der Waals surface area (Å²) in [6, 6.07) is 2.64. The Morgan fingerprint density at radius 1 is 1.64 bits per heavy atom. The van der Waals surface area contributed by atoms with E-state index in [0.29, 0.717) is 6.04 Å². The molecule has 0 aliphatic carbocycles. The minimum absolute atomic E-state index is 0.447. The zero-order valence-electron chi connectivity index (χ0n) is 6.59. The second-order valence-electron chi connectivity index (χ2n) is 2.85. The van der Waals surface area contributed by atoms with Crippen molar-refractivity contribution in [3.8, 4) is 0 Å². The van der Waals surface area contributed by atoms with Crippen LogP contribution in [-0.2, 0) is 0 Å². The molecule has 0 aromatic carbocycles. The number of nitrogens with zero attached hydrogens (tertiary/aromatic N) is 1. The summed E-state index contributed by atoms with van der Waals surface area (Å²) in [6.07, 6.45) is 1.91. The average molecular weight is 166 g/mol. The summed E-state index contributed by atoms with van der Waals surface area (Å²) in [7, 11) is 0. The van der Waals surface area contributed by atoms with Gasteiger partial charge in [0, 0.05) is 17.8 Å². The molecule has 3 heteroatoms. The smallest absolute Gasteiger partial charge is 0.116 e. The molecule has 0 saturated heterocycles. The van der Waals surface area contributed by atoms with Crippen LogP contribution in [-0.4, -0.2) is 4.98 Å². The Labute approximate surface area is 70.5 Å². The van der Waals surface area contributed by atoms with Crippen LogP contribution in [0.15, 0.2) is 17.3 Å². The molecule has 0 bridgehead atoms. The summed E-state index contributed by atoms with van der Waals surface area (Å²) in [6.45, 7) is 4.23. The van der Waals surface area contributed by atoms with Crippen molar-refractivity contribution in [3.63, 3.8) is 0 Å². The molecule has 1 unspecified atom stereocenters. The lowest BCUT2D eigenvalue weighted by atomic mass is 10.1. The molecule has 1 aliphatic rings. The van der Waals surface area contributed by atoms with Gasteiger partial charge >= 0.3 is 0 Å². The molecule has 2 rings (SSSR count). The van der Waals surface area contributed by atoms with Crippen molar-refractivity contribution in [2.45, 2.75) is 24.9 Å². The van der Waals surface area contributed by atoms with Crippen LogP contribution in [0.1, 0.15) is 24.1 Å². The summed E-state index contributed by atoms with van der Waals surface area (Å²) in [4.78, 5) is 4.31. The van der Waals surface area contributed by atoms with Crippen molar-refractivity contribution < 1.29 is 0 Å². The van der Waals surface area contributed by atoms with Gasteiger partial charge in [0.1, 0.15) is 5.03 Å². The van der Waals surface area contributed by atoms with Crippen LogP contribution in [0.5, 0.6) is 0 Å². The number of rotatable bonds is 0. The van der Waals surface area contributed by atoms with E-state index < -0.39 is 0 Å². The minimum Gasteiger partial charge on any atom is -0.251 e. The van der Waals surface area contributed by atoms with Crippen LogP contribution < -0.4 is 4.72 Å². The average Bonchev–Trinajstić information content (AvgIpc) is 2.33. The van der Waals surface area contributed by atoms with Crippen LogP contribution in [0.2, 0.25) is 0 Å². The van der Waals surface area contributed by atoms with Crippen LogP contribution in [0.25, 0.3) is 0 Å². The van der Waals surface area contributed by atoms with Gasteiger partial charge in [-0.05, 0) is 31.4 Å². The van der Waals surface area contributed by atoms with Crippen molar-refractivity contribution in [2.24, 2.45) is 0 Å². The summed E-state index contributed by atoms with van der Waals surface area (Å²) >= 11 is 1.62. The van der Waals surface area contributed by atoms with Crippen LogP contribution >= 0.6 is 11.9 Å². The van der Waals surface area contributed by atoms with Gasteiger partial charge in [0.05, 0.1) is 0 Å². The molecule has 0 saturated carbocycles. The predicted octanol–water partition coefficient (Wildman–Crippen LogP) is 2.06. The lowest BCUT2D eigenvalue weighted by Crippen LogP contribution is -2.01. The second-order valence-corrected chi connectivity index (χ2v) is 3.68. The molecule has 1 aromatic rings. The molecule has 0 fully saturated rings. The monoisotopic (exact) mass is 166 g/mol. The number of hydrogen-bond acceptors (Lipinski definition) is 3. The standard InChI is InChI=1S/C8H10N2S/c1-5-3-7-6(2)10-11-8(7)9-4-5/h3-4,6,10H,1-2H3. The first-order valence-electron chi connectivity index (χ1n) is 3.66. The molecule has 0 spiro atoms. The Balaban J connectivity index is 2.52. The van der Waals surface area contributed by atoms with Crippen LogP contribution in [0.3, 0.4) is 0 Å². The second kappa shape index (κ2) is 2.50. The SMILES string of the molecule is Cc1cnc2c(c1)C(C)NS2. The quantitative estimate of drug-likeness (QED) is 0.597. The third-order valence-electron chi connectivity index (χ3n) is 1.81. The van der Waals surface area contributed by atoms with E-state index in [1.54, 1.807) is 11.9 Å². The minimum atomic E-state index is 0.447. The molecule has 2 heterocycles. The van der Waals surface area contributed by atoms with Gasteiger partial charge in [0.2, 0.25) is 0 Å². The highest BCUT2D eigenvalue weighted by molar-refractivity contribution is 7.97. The van der Waals surface area contributed by atoms with Crippen LogP contribution in [0.4, 0.5) is 0 Å². The number of aryl methyl sites for hydroxylation is 1. The number of fused-ring (bicyclic) bond motifs is 1. The van der Waals surface area contributed by atoms with Gasteiger partial charge in [-0.15, -0.1) is 0 Å². The molecule has 2 nitrogen and oxygen atoms in total. The molecule has 58 valence electrons. The molecule has 1 atom stereocenters. The van der Waals surface area contributed by atoms with Gasteiger partial charge in [0.15, 0.2) is 0 Å². The van der Waals surface area contributed by atoms with Gasteiger partial charge in [0.25, 0.3) is 0 Å².